The summed E-state index contributed by atoms with van der Waals surface area (Å²) in [5.41, 5.74) is 0.838. The van der Waals surface area contributed by atoms with E-state index in [2.05, 4.69) is 35.4 Å². The number of rotatable bonds is 3. The van der Waals surface area contributed by atoms with Crippen molar-refractivity contribution in [3.63, 3.8) is 0 Å². The number of benzene rings is 1. The molecule has 0 aliphatic heterocycles. The van der Waals surface area contributed by atoms with Crippen LogP contribution in [0.25, 0.3) is 0 Å². The number of halogens is 2. The van der Waals surface area contributed by atoms with Crippen molar-refractivity contribution in [1.82, 2.24) is 9.36 Å². The highest BCUT2D eigenvalue weighted by Crippen LogP contribution is 2.27. The topological polar surface area (TPSA) is 37.8 Å². The third-order valence-corrected chi connectivity index (χ3v) is 3.72. The van der Waals surface area contributed by atoms with Crippen LogP contribution >= 0.6 is 34.7 Å². The predicted molar refractivity (Wildman–Crippen MR) is 82.6 cm³/mol. The van der Waals surface area contributed by atoms with Crippen LogP contribution < -0.4 is 5.32 Å². The molecule has 1 aromatic heterocycles. The van der Waals surface area contributed by atoms with Crippen LogP contribution in [0.15, 0.2) is 18.2 Å². The molecule has 0 aliphatic carbocycles. The molecule has 19 heavy (non-hydrogen) atoms. The molecule has 0 spiro atoms. The molecule has 0 bridgehead atoms. The Morgan fingerprint density at radius 1 is 1.21 bits per heavy atom. The van der Waals surface area contributed by atoms with Crippen LogP contribution in [0.5, 0.6) is 0 Å². The Balaban J connectivity index is 2.16. The van der Waals surface area contributed by atoms with E-state index in [-0.39, 0.29) is 5.54 Å². The molecule has 0 radical (unpaired) electrons. The zero-order valence-corrected chi connectivity index (χ0v) is 13.3. The van der Waals surface area contributed by atoms with Crippen molar-refractivity contribution in [2.75, 3.05) is 5.32 Å². The molecule has 0 fully saturated rings. The van der Waals surface area contributed by atoms with E-state index in [9.17, 15) is 0 Å². The summed E-state index contributed by atoms with van der Waals surface area (Å²) in [5.74, 6) is 0.728. The molecule has 1 heterocycles. The molecule has 6 heteroatoms. The normalized spacial score (nSPS) is 11.6. The molecule has 0 aliphatic rings. The fraction of sp³-hybridized carbons (Fsp3) is 0.385. The van der Waals surface area contributed by atoms with Crippen molar-refractivity contribution in [2.24, 2.45) is 0 Å². The highest BCUT2D eigenvalue weighted by atomic mass is 35.5. The monoisotopic (exact) mass is 315 g/mol. The molecule has 102 valence electrons. The Labute approximate surface area is 127 Å². The van der Waals surface area contributed by atoms with Crippen LogP contribution in [0.2, 0.25) is 10.0 Å². The van der Waals surface area contributed by atoms with Crippen molar-refractivity contribution >= 4 is 39.9 Å². The van der Waals surface area contributed by atoms with E-state index in [1.54, 1.807) is 0 Å². The van der Waals surface area contributed by atoms with E-state index >= 15 is 0 Å². The molecule has 1 aromatic carbocycles. The maximum absolute atomic E-state index is 6.14. The molecular formula is C13H15Cl2N3S. The van der Waals surface area contributed by atoms with E-state index in [0.717, 1.165) is 16.5 Å². The maximum Gasteiger partial charge on any atom is 0.202 e. The summed E-state index contributed by atoms with van der Waals surface area (Å²) in [6, 6.07) is 5.47. The fourth-order valence-electron chi connectivity index (χ4n) is 1.56. The quantitative estimate of drug-likeness (QED) is 0.896. The van der Waals surface area contributed by atoms with Gasteiger partial charge in [-0.1, -0.05) is 29.3 Å². The number of hydrogen-bond donors (Lipinski definition) is 1. The molecule has 0 amide bonds. The second kappa shape index (κ2) is 5.65. The first-order valence-corrected chi connectivity index (χ1v) is 7.42. The van der Waals surface area contributed by atoms with Gasteiger partial charge in [0, 0.05) is 33.5 Å². The third-order valence-electron chi connectivity index (χ3n) is 2.35. The van der Waals surface area contributed by atoms with Gasteiger partial charge in [0.2, 0.25) is 5.13 Å². The van der Waals surface area contributed by atoms with Crippen molar-refractivity contribution in [3.8, 4) is 0 Å². The second-order valence-corrected chi connectivity index (χ2v) is 6.83. The van der Waals surface area contributed by atoms with Crippen LogP contribution in [-0.2, 0) is 6.42 Å². The summed E-state index contributed by atoms with van der Waals surface area (Å²) in [4.78, 5) is 4.45. The van der Waals surface area contributed by atoms with Crippen LogP contribution in [-0.4, -0.2) is 14.9 Å². The lowest BCUT2D eigenvalue weighted by atomic mass is 10.1. The first kappa shape index (κ1) is 14.6. The number of hydrogen-bond acceptors (Lipinski definition) is 4. The summed E-state index contributed by atoms with van der Waals surface area (Å²) in [7, 11) is 0. The summed E-state index contributed by atoms with van der Waals surface area (Å²) in [6.07, 6.45) is 0.542. The molecule has 0 unspecified atom stereocenters. The highest BCUT2D eigenvalue weighted by molar-refractivity contribution is 7.09. The summed E-state index contributed by atoms with van der Waals surface area (Å²) >= 11 is 13.6. The smallest absolute Gasteiger partial charge is 0.202 e. The van der Waals surface area contributed by atoms with Crippen LogP contribution in [0, 0.1) is 0 Å². The average Bonchev–Trinajstić information content (AvgIpc) is 2.69. The first-order valence-electron chi connectivity index (χ1n) is 5.89. The minimum Gasteiger partial charge on any atom is -0.356 e. The van der Waals surface area contributed by atoms with Gasteiger partial charge in [-0.2, -0.15) is 4.37 Å². The van der Waals surface area contributed by atoms with Gasteiger partial charge in [0.15, 0.2) is 0 Å². The molecule has 0 saturated heterocycles. The summed E-state index contributed by atoms with van der Waals surface area (Å²) < 4.78 is 4.33. The number of aromatic nitrogens is 2. The van der Waals surface area contributed by atoms with E-state index < -0.39 is 0 Å². The second-order valence-electron chi connectivity index (χ2n) is 5.27. The predicted octanol–water partition coefficient (Wildman–Crippen LogP) is 4.65. The number of nitrogens with one attached hydrogen (secondary N) is 1. The lowest BCUT2D eigenvalue weighted by molar-refractivity contribution is 0.633. The first-order chi connectivity index (χ1) is 8.85. The van der Waals surface area contributed by atoms with Crippen molar-refractivity contribution in [3.05, 3.63) is 39.6 Å². The van der Waals surface area contributed by atoms with Gasteiger partial charge in [0.1, 0.15) is 5.82 Å². The SMILES string of the molecule is CC(C)(C)Nc1nc(Cc2c(Cl)cccc2Cl)ns1. The molecule has 3 nitrogen and oxygen atoms in total. The largest absolute Gasteiger partial charge is 0.356 e. The average molecular weight is 316 g/mol. The Morgan fingerprint density at radius 2 is 1.84 bits per heavy atom. The zero-order chi connectivity index (χ0) is 14.0. The minimum absolute atomic E-state index is 0.0289. The van der Waals surface area contributed by atoms with E-state index in [4.69, 9.17) is 23.2 Å². The molecule has 2 aromatic rings. The molecule has 0 saturated carbocycles. The number of anilines is 1. The minimum atomic E-state index is -0.0289. The van der Waals surface area contributed by atoms with Crippen LogP contribution in [0.3, 0.4) is 0 Å². The van der Waals surface area contributed by atoms with E-state index in [1.165, 1.54) is 11.5 Å². The third kappa shape index (κ3) is 4.06. The molecular weight excluding hydrogens is 301 g/mol. The lowest BCUT2D eigenvalue weighted by Gasteiger charge is -2.18. The molecule has 1 N–H and O–H groups in total. The molecule has 2 rings (SSSR count). The van der Waals surface area contributed by atoms with Gasteiger partial charge in [-0.15, -0.1) is 0 Å². The van der Waals surface area contributed by atoms with Crippen LogP contribution in [0.1, 0.15) is 32.2 Å². The van der Waals surface area contributed by atoms with Gasteiger partial charge in [0.25, 0.3) is 0 Å². The van der Waals surface area contributed by atoms with E-state index in [1.807, 2.05) is 18.2 Å². The highest BCUT2D eigenvalue weighted by Gasteiger charge is 2.14. The van der Waals surface area contributed by atoms with Gasteiger partial charge in [-0.05, 0) is 38.5 Å². The summed E-state index contributed by atoms with van der Waals surface area (Å²) in [6.45, 7) is 6.25. The van der Waals surface area contributed by atoms with Gasteiger partial charge >= 0.3 is 0 Å². The zero-order valence-electron chi connectivity index (χ0n) is 11.0. The Bertz CT molecular complexity index is 555. The van der Waals surface area contributed by atoms with Gasteiger partial charge < -0.3 is 5.32 Å². The Hall–Kier alpha value is -0.840. The van der Waals surface area contributed by atoms with Crippen molar-refractivity contribution in [2.45, 2.75) is 32.7 Å². The fourth-order valence-corrected chi connectivity index (χ4v) is 2.88. The van der Waals surface area contributed by atoms with Crippen molar-refractivity contribution < 1.29 is 0 Å². The maximum atomic E-state index is 6.14. The van der Waals surface area contributed by atoms with Crippen LogP contribution in [0.4, 0.5) is 5.13 Å². The van der Waals surface area contributed by atoms with Gasteiger partial charge in [-0.25, -0.2) is 4.98 Å². The van der Waals surface area contributed by atoms with Gasteiger partial charge in [-0.3, -0.25) is 0 Å². The van der Waals surface area contributed by atoms with E-state index in [0.29, 0.717) is 16.5 Å². The molecule has 0 atom stereocenters. The number of nitrogens with zero attached hydrogens (tertiary/aromatic N) is 2. The Kier molecular flexibility index (Phi) is 4.33. The standard InChI is InChI=1S/C13H15Cl2N3S/c1-13(2,3)17-12-16-11(18-19-12)7-8-9(14)5-4-6-10(8)15/h4-6H,7H2,1-3H3,(H,16,17,18). The van der Waals surface area contributed by atoms with Gasteiger partial charge in [0.05, 0.1) is 0 Å². The summed E-state index contributed by atoms with van der Waals surface area (Å²) in [5, 5.41) is 5.40. The Morgan fingerprint density at radius 3 is 2.42 bits per heavy atom. The van der Waals surface area contributed by atoms with Crippen molar-refractivity contribution in [1.29, 1.82) is 0 Å². The lowest BCUT2D eigenvalue weighted by Crippen LogP contribution is -2.25.